The van der Waals surface area contributed by atoms with Crippen LogP contribution >= 0.6 is 15.9 Å². The Morgan fingerprint density at radius 3 is 2.33 bits per heavy atom. The van der Waals surface area contributed by atoms with Crippen LogP contribution in [0.4, 0.5) is 42.8 Å². The summed E-state index contributed by atoms with van der Waals surface area (Å²) in [5.41, 5.74) is -1.12. The maximum Gasteiger partial charge on any atom is 0.416 e. The summed E-state index contributed by atoms with van der Waals surface area (Å²) in [6, 6.07) is 4.05. The van der Waals surface area contributed by atoms with Crippen molar-refractivity contribution in [1.29, 1.82) is 0 Å². The Kier molecular flexibility index (Phi) is 10.8. The van der Waals surface area contributed by atoms with E-state index in [4.69, 9.17) is 9.47 Å². The first kappa shape index (κ1) is 34.3. The van der Waals surface area contributed by atoms with Crippen molar-refractivity contribution in [1.82, 2.24) is 15.0 Å². The molecule has 1 aliphatic rings. The number of ether oxygens (including phenoxy) is 2. The number of halogens is 7. The largest absolute Gasteiger partial charge is 0.481 e. The molecule has 0 bridgehead atoms. The van der Waals surface area contributed by atoms with Crippen molar-refractivity contribution in [3.63, 3.8) is 0 Å². The van der Waals surface area contributed by atoms with Gasteiger partial charge in [0.15, 0.2) is 0 Å². The Hall–Kier alpha value is -3.62. The summed E-state index contributed by atoms with van der Waals surface area (Å²) in [6.45, 7) is 3.81. The predicted octanol–water partition coefficient (Wildman–Crippen LogP) is 8.13. The van der Waals surface area contributed by atoms with Crippen molar-refractivity contribution in [2.75, 3.05) is 29.3 Å². The molecule has 244 valence electrons. The van der Waals surface area contributed by atoms with Gasteiger partial charge in [0, 0.05) is 30.1 Å². The van der Waals surface area contributed by atoms with Gasteiger partial charge in [0.1, 0.15) is 0 Å². The smallest absolute Gasteiger partial charge is 0.416 e. The molecule has 4 rings (SSSR count). The molecule has 2 aromatic heterocycles. The van der Waals surface area contributed by atoms with Crippen LogP contribution in [0.1, 0.15) is 72.8 Å². The summed E-state index contributed by atoms with van der Waals surface area (Å²) in [7, 11) is 1.46. The van der Waals surface area contributed by atoms with E-state index in [1.807, 2.05) is 6.92 Å². The van der Waals surface area contributed by atoms with Gasteiger partial charge in [-0.05, 0) is 68.0 Å². The van der Waals surface area contributed by atoms with Crippen molar-refractivity contribution in [2.45, 2.75) is 70.4 Å². The molecule has 3 heterocycles. The fourth-order valence-electron chi connectivity index (χ4n) is 5.23. The summed E-state index contributed by atoms with van der Waals surface area (Å²) >= 11 is 3.35. The van der Waals surface area contributed by atoms with E-state index in [-0.39, 0.29) is 42.3 Å². The standard InChI is InChI=1S/C30H32BrF6N5O3/c1-4-21-15-23(26-24(8-9-25(41-26)44-3)42(21)28(43)45-5-2)40-27-38-16-18(7-6-10-31)22(39-27)13-17-11-19(29(32,33)34)14-20(12-17)30(35,36)37/h8-9,11-12,14,16,21,23H,4-7,10,13,15H2,1-3H3,(H,38,39,40). The fraction of sp³-hybridized carbons (Fsp3) is 0.467. The van der Waals surface area contributed by atoms with E-state index < -0.39 is 35.6 Å². The van der Waals surface area contributed by atoms with E-state index in [1.54, 1.807) is 24.0 Å². The SMILES string of the molecule is CCOC(=O)N1c2ccc(OC)nc2C(Nc2ncc(CCCBr)c(Cc3cc(C(F)(F)F)cc(C(F)(F)F)c3)n2)CC1CC. The molecule has 2 atom stereocenters. The number of hydrogen-bond donors (Lipinski definition) is 1. The van der Waals surface area contributed by atoms with Gasteiger partial charge in [0.25, 0.3) is 0 Å². The number of nitrogens with one attached hydrogen (secondary N) is 1. The lowest BCUT2D eigenvalue weighted by atomic mass is 9.93. The number of aryl methyl sites for hydroxylation is 1. The number of hydrogen-bond acceptors (Lipinski definition) is 7. The average Bonchev–Trinajstić information content (AvgIpc) is 2.99. The lowest BCUT2D eigenvalue weighted by Gasteiger charge is -2.39. The van der Waals surface area contributed by atoms with Gasteiger partial charge in [0.2, 0.25) is 11.8 Å². The summed E-state index contributed by atoms with van der Waals surface area (Å²) in [5, 5.41) is 3.86. The molecular weight excluding hydrogens is 672 g/mol. The summed E-state index contributed by atoms with van der Waals surface area (Å²) < 4.78 is 91.9. The van der Waals surface area contributed by atoms with Gasteiger partial charge < -0.3 is 14.8 Å². The van der Waals surface area contributed by atoms with Crippen LogP contribution in [0, 0.1) is 0 Å². The molecule has 1 aliphatic heterocycles. The lowest BCUT2D eigenvalue weighted by Crippen LogP contribution is -2.46. The van der Waals surface area contributed by atoms with Crippen LogP contribution in [0.3, 0.4) is 0 Å². The molecule has 0 radical (unpaired) electrons. The number of methoxy groups -OCH3 is 1. The topological polar surface area (TPSA) is 89.5 Å². The number of alkyl halides is 7. The summed E-state index contributed by atoms with van der Waals surface area (Å²) in [4.78, 5) is 28.1. The molecular formula is C30H32BrF6N5O3. The normalized spacial score (nSPS) is 16.7. The van der Waals surface area contributed by atoms with Crippen LogP contribution < -0.4 is 15.0 Å². The zero-order chi connectivity index (χ0) is 32.9. The molecule has 0 spiro atoms. The molecule has 0 saturated heterocycles. The summed E-state index contributed by atoms with van der Waals surface area (Å²) in [5.74, 6) is 0.409. The van der Waals surface area contributed by atoms with Crippen LogP contribution in [0.25, 0.3) is 0 Å². The van der Waals surface area contributed by atoms with Gasteiger partial charge in [-0.3, -0.25) is 4.90 Å². The number of aromatic nitrogens is 3. The first-order chi connectivity index (χ1) is 21.3. The first-order valence-corrected chi connectivity index (χ1v) is 15.4. The number of fused-ring (bicyclic) bond motifs is 1. The zero-order valence-corrected chi connectivity index (χ0v) is 26.3. The third-order valence-electron chi connectivity index (χ3n) is 7.34. The van der Waals surface area contributed by atoms with Gasteiger partial charge in [-0.2, -0.15) is 26.3 Å². The monoisotopic (exact) mass is 703 g/mol. The second-order valence-corrected chi connectivity index (χ2v) is 11.2. The molecule has 8 nitrogen and oxygen atoms in total. The highest BCUT2D eigenvalue weighted by Crippen LogP contribution is 2.40. The molecule has 1 aromatic carbocycles. The molecule has 0 fully saturated rings. The van der Waals surface area contributed by atoms with Crippen molar-refractivity contribution in [3.05, 3.63) is 70.2 Å². The number of amides is 1. The Morgan fingerprint density at radius 2 is 1.76 bits per heavy atom. The van der Waals surface area contributed by atoms with Gasteiger partial charge >= 0.3 is 18.4 Å². The molecule has 3 aromatic rings. The maximum absolute atomic E-state index is 13.5. The predicted molar refractivity (Wildman–Crippen MR) is 159 cm³/mol. The van der Waals surface area contributed by atoms with E-state index >= 15 is 0 Å². The Morgan fingerprint density at radius 1 is 1.07 bits per heavy atom. The number of carbonyl (C=O) groups excluding carboxylic acids is 1. The zero-order valence-electron chi connectivity index (χ0n) is 24.7. The average molecular weight is 705 g/mol. The quantitative estimate of drug-likeness (QED) is 0.168. The van der Waals surface area contributed by atoms with Gasteiger partial charge in [-0.15, -0.1) is 0 Å². The Balaban J connectivity index is 1.75. The van der Waals surface area contributed by atoms with Crippen molar-refractivity contribution >= 4 is 33.7 Å². The van der Waals surface area contributed by atoms with E-state index in [1.165, 1.54) is 13.3 Å². The summed E-state index contributed by atoms with van der Waals surface area (Å²) in [6.07, 6.45) is -7.17. The highest BCUT2D eigenvalue weighted by atomic mass is 79.9. The second kappa shape index (κ2) is 14.2. The van der Waals surface area contributed by atoms with Gasteiger partial charge in [-0.1, -0.05) is 22.9 Å². The molecule has 45 heavy (non-hydrogen) atoms. The lowest BCUT2D eigenvalue weighted by molar-refractivity contribution is -0.143. The van der Waals surface area contributed by atoms with Gasteiger partial charge in [0.05, 0.1) is 48.0 Å². The van der Waals surface area contributed by atoms with E-state index in [9.17, 15) is 31.1 Å². The molecule has 0 aliphatic carbocycles. The number of anilines is 2. The third kappa shape index (κ3) is 8.16. The minimum absolute atomic E-state index is 0.105. The van der Waals surface area contributed by atoms with Crippen molar-refractivity contribution in [3.8, 4) is 5.88 Å². The first-order valence-electron chi connectivity index (χ1n) is 14.3. The van der Waals surface area contributed by atoms with Crippen molar-refractivity contribution < 1.29 is 40.6 Å². The fourth-order valence-corrected chi connectivity index (χ4v) is 5.51. The Bertz CT molecular complexity index is 1470. The molecule has 15 heteroatoms. The van der Waals surface area contributed by atoms with Gasteiger partial charge in [-0.25, -0.2) is 19.7 Å². The minimum atomic E-state index is -4.97. The van der Waals surface area contributed by atoms with E-state index in [0.29, 0.717) is 66.0 Å². The number of pyridine rings is 1. The van der Waals surface area contributed by atoms with Crippen LogP contribution in [-0.2, 0) is 29.9 Å². The highest BCUT2D eigenvalue weighted by molar-refractivity contribution is 9.09. The molecule has 1 N–H and O–H groups in total. The number of nitrogens with zero attached hydrogens (tertiary/aromatic N) is 4. The molecule has 0 saturated carbocycles. The Labute approximate surface area is 264 Å². The molecule has 2 unspecified atom stereocenters. The third-order valence-corrected chi connectivity index (χ3v) is 7.90. The van der Waals surface area contributed by atoms with Crippen LogP contribution in [0.2, 0.25) is 0 Å². The highest BCUT2D eigenvalue weighted by Gasteiger charge is 2.39. The van der Waals surface area contributed by atoms with Crippen LogP contribution in [0.5, 0.6) is 5.88 Å². The van der Waals surface area contributed by atoms with Crippen molar-refractivity contribution in [2.24, 2.45) is 0 Å². The number of benzene rings is 1. The van der Waals surface area contributed by atoms with Crippen LogP contribution in [-0.4, -0.2) is 46.1 Å². The van der Waals surface area contributed by atoms with E-state index in [2.05, 4.69) is 36.2 Å². The second-order valence-electron chi connectivity index (χ2n) is 10.4. The number of carbonyl (C=O) groups is 1. The van der Waals surface area contributed by atoms with Crippen LogP contribution in [0.15, 0.2) is 36.5 Å². The minimum Gasteiger partial charge on any atom is -0.481 e. The number of rotatable bonds is 10. The van der Waals surface area contributed by atoms with E-state index in [0.717, 1.165) is 0 Å². The molecule has 1 amide bonds. The maximum atomic E-state index is 13.5.